The minimum Gasteiger partial charge on any atom is -0.457 e. The van der Waals surface area contributed by atoms with E-state index < -0.39 is 5.41 Å². The lowest BCUT2D eigenvalue weighted by molar-refractivity contribution is -0.00938. The van der Waals surface area contributed by atoms with E-state index in [9.17, 15) is 0 Å². The van der Waals surface area contributed by atoms with Gasteiger partial charge in [0, 0.05) is 27.7 Å². The largest absolute Gasteiger partial charge is 0.457 e. The van der Waals surface area contributed by atoms with E-state index in [2.05, 4.69) is 170 Å². The van der Waals surface area contributed by atoms with Gasteiger partial charge in [0.05, 0.1) is 5.41 Å². The molecule has 0 unspecified atom stereocenters. The van der Waals surface area contributed by atoms with Gasteiger partial charge >= 0.3 is 0 Å². The van der Waals surface area contributed by atoms with Crippen molar-refractivity contribution in [3.63, 3.8) is 0 Å². The zero-order valence-corrected chi connectivity index (χ0v) is 33.4. The number of ether oxygens (including phenoxy) is 1. The Morgan fingerprint density at radius 3 is 1.65 bits per heavy atom. The van der Waals surface area contributed by atoms with Crippen LogP contribution in [0, 0.1) is 17.8 Å². The van der Waals surface area contributed by atoms with Crippen molar-refractivity contribution in [3.05, 3.63) is 198 Å². The minimum atomic E-state index is -0.544. The topological polar surface area (TPSA) is 47.9 Å². The van der Waals surface area contributed by atoms with Gasteiger partial charge in [0.15, 0.2) is 11.6 Å². The molecule has 4 heteroatoms. The highest BCUT2D eigenvalue weighted by atomic mass is 16.5. The second-order valence-corrected chi connectivity index (χ2v) is 18.1. The lowest BCUT2D eigenvalue weighted by Gasteiger charge is -2.56. The monoisotopic (exact) mass is 773 g/mol. The third-order valence-electron chi connectivity index (χ3n) is 14.7. The summed E-state index contributed by atoms with van der Waals surface area (Å²) in [5.41, 5.74) is 13.5. The van der Waals surface area contributed by atoms with Crippen molar-refractivity contribution in [1.82, 2.24) is 15.0 Å². The van der Waals surface area contributed by atoms with Crippen molar-refractivity contribution < 1.29 is 4.74 Å². The third-order valence-corrected chi connectivity index (χ3v) is 14.7. The number of para-hydroxylation sites is 2. The van der Waals surface area contributed by atoms with E-state index in [0.717, 1.165) is 74.5 Å². The minimum absolute atomic E-state index is 0.00272. The van der Waals surface area contributed by atoms with Crippen LogP contribution in [0.1, 0.15) is 66.6 Å². The van der Waals surface area contributed by atoms with E-state index in [0.29, 0.717) is 0 Å². The molecule has 288 valence electrons. The Kier molecular flexibility index (Phi) is 7.37. The number of aromatic nitrogens is 3. The van der Waals surface area contributed by atoms with E-state index >= 15 is 0 Å². The molecule has 0 N–H and O–H groups in total. The maximum absolute atomic E-state index is 6.64. The maximum atomic E-state index is 6.64. The molecule has 0 saturated heterocycles. The zero-order valence-electron chi connectivity index (χ0n) is 33.4. The molecule has 60 heavy (non-hydrogen) atoms. The Morgan fingerprint density at radius 2 is 0.933 bits per heavy atom. The van der Waals surface area contributed by atoms with Crippen molar-refractivity contribution in [2.45, 2.75) is 49.4 Å². The van der Waals surface area contributed by atoms with Crippen LogP contribution in [0.5, 0.6) is 11.5 Å². The van der Waals surface area contributed by atoms with Crippen molar-refractivity contribution in [1.29, 1.82) is 0 Å². The first-order valence-corrected chi connectivity index (χ1v) is 21.8. The molecule has 14 rings (SSSR count). The lowest BCUT2D eigenvalue weighted by atomic mass is 9.49. The summed E-state index contributed by atoms with van der Waals surface area (Å²) in [7, 11) is 0. The van der Waals surface area contributed by atoms with Gasteiger partial charge in [0.1, 0.15) is 17.3 Å². The molecule has 0 radical (unpaired) electrons. The highest BCUT2D eigenvalue weighted by Crippen LogP contribution is 2.63. The average molecular weight is 774 g/mol. The number of benzene rings is 7. The summed E-state index contributed by atoms with van der Waals surface area (Å²) in [6.45, 7) is 0. The van der Waals surface area contributed by atoms with Gasteiger partial charge in [0.2, 0.25) is 0 Å². The molecular weight excluding hydrogens is 731 g/mol. The van der Waals surface area contributed by atoms with Gasteiger partial charge in [-0.15, -0.1) is 0 Å². The summed E-state index contributed by atoms with van der Waals surface area (Å²) in [4.78, 5) is 16.5. The molecule has 5 aliphatic carbocycles. The summed E-state index contributed by atoms with van der Waals surface area (Å²) in [5, 5.41) is 0. The molecule has 8 aromatic rings. The number of nitrogens with zero attached hydrogens (tertiary/aromatic N) is 3. The molecule has 0 amide bonds. The Balaban J connectivity index is 1.01. The molecule has 4 saturated carbocycles. The standard InChI is InChI=1S/C56H43N3O/c1-2-13-38(14-3-1)39-15-12-16-41(30-39)52-57-53(59-54(58-52)55-32-35-27-36(33-55)29-37(28-35)34-55)45-19-5-4-17-42(45)40-25-26-44-43-18-6-7-20-46(43)56(49(44)31-40)47-21-8-10-23-50(47)60-51-24-11-9-22-48(51)56/h1-26,30-31,35-37H,27-29,32-34H2. The Bertz CT molecular complexity index is 2940. The molecule has 4 fully saturated rings. The molecule has 2 heterocycles. The number of fused-ring (bicyclic) bond motifs is 9. The van der Waals surface area contributed by atoms with E-state index in [1.165, 1.54) is 77.5 Å². The van der Waals surface area contributed by atoms with Crippen LogP contribution >= 0.6 is 0 Å². The fourth-order valence-electron chi connectivity index (χ4n) is 12.7. The molecule has 7 aromatic carbocycles. The SMILES string of the molecule is c1ccc(-c2cccc(-c3nc(-c4ccccc4-c4ccc5c(c4)C4(c6ccccc6Oc6ccccc64)c4ccccc4-5)nc(C45CC6CC(CC(C6)C4)C5)n3)c2)cc1. The number of rotatable bonds is 5. The smallest absolute Gasteiger partial charge is 0.164 e. The molecular formula is C56H43N3O. The quantitative estimate of drug-likeness (QED) is 0.175. The normalized spacial score (nSPS) is 22.1. The van der Waals surface area contributed by atoms with Gasteiger partial charge in [-0.25, -0.2) is 15.0 Å². The van der Waals surface area contributed by atoms with Gasteiger partial charge in [-0.3, -0.25) is 0 Å². The Labute approximate surface area is 351 Å². The second kappa shape index (κ2) is 12.9. The van der Waals surface area contributed by atoms with Crippen molar-refractivity contribution in [2.75, 3.05) is 0 Å². The Hall–Kier alpha value is -6.65. The van der Waals surface area contributed by atoms with Crippen LogP contribution < -0.4 is 4.74 Å². The fourth-order valence-corrected chi connectivity index (χ4v) is 12.7. The highest BCUT2D eigenvalue weighted by molar-refractivity contribution is 5.92. The molecule has 6 aliphatic rings. The van der Waals surface area contributed by atoms with E-state index in [4.69, 9.17) is 19.7 Å². The summed E-state index contributed by atoms with van der Waals surface area (Å²) >= 11 is 0. The van der Waals surface area contributed by atoms with Crippen LogP contribution in [0.25, 0.3) is 56.2 Å². The van der Waals surface area contributed by atoms with Crippen LogP contribution in [0.15, 0.2) is 170 Å². The van der Waals surface area contributed by atoms with E-state index in [1.54, 1.807) is 0 Å². The van der Waals surface area contributed by atoms with Gasteiger partial charge < -0.3 is 4.74 Å². The predicted octanol–water partition coefficient (Wildman–Crippen LogP) is 13.5. The molecule has 1 aliphatic heterocycles. The molecule has 4 bridgehead atoms. The Morgan fingerprint density at radius 1 is 0.383 bits per heavy atom. The van der Waals surface area contributed by atoms with Gasteiger partial charge in [0.25, 0.3) is 0 Å². The summed E-state index contributed by atoms with van der Waals surface area (Å²) in [5.74, 6) is 6.64. The third kappa shape index (κ3) is 5.00. The number of hydrogen-bond acceptors (Lipinski definition) is 4. The summed E-state index contributed by atoms with van der Waals surface area (Å²) in [6, 6.07) is 61.3. The van der Waals surface area contributed by atoms with Crippen molar-refractivity contribution in [2.24, 2.45) is 17.8 Å². The van der Waals surface area contributed by atoms with Crippen LogP contribution in [-0.4, -0.2) is 15.0 Å². The molecule has 1 spiro atoms. The highest BCUT2D eigenvalue weighted by Gasteiger charge is 2.54. The molecule has 1 aromatic heterocycles. The lowest BCUT2D eigenvalue weighted by Crippen LogP contribution is -2.49. The maximum Gasteiger partial charge on any atom is 0.164 e. The van der Waals surface area contributed by atoms with Crippen LogP contribution in [0.4, 0.5) is 0 Å². The van der Waals surface area contributed by atoms with Gasteiger partial charge in [-0.2, -0.15) is 0 Å². The number of hydrogen-bond donors (Lipinski definition) is 0. The van der Waals surface area contributed by atoms with Crippen molar-refractivity contribution in [3.8, 4) is 67.7 Å². The van der Waals surface area contributed by atoms with Crippen LogP contribution in [0.3, 0.4) is 0 Å². The first kappa shape index (κ1) is 34.2. The first-order valence-electron chi connectivity index (χ1n) is 21.8. The average Bonchev–Trinajstić information content (AvgIpc) is 3.59. The molecule has 0 atom stereocenters. The summed E-state index contributed by atoms with van der Waals surface area (Å²) < 4.78 is 6.64. The van der Waals surface area contributed by atoms with E-state index in [1.807, 2.05) is 0 Å². The predicted molar refractivity (Wildman–Crippen MR) is 239 cm³/mol. The fraction of sp³-hybridized carbons (Fsp3) is 0.196. The first-order chi connectivity index (χ1) is 29.6. The zero-order chi connectivity index (χ0) is 39.4. The van der Waals surface area contributed by atoms with Crippen molar-refractivity contribution >= 4 is 0 Å². The summed E-state index contributed by atoms with van der Waals surface area (Å²) in [6.07, 6.45) is 7.68. The van der Waals surface area contributed by atoms with Gasteiger partial charge in [-0.1, -0.05) is 146 Å². The van der Waals surface area contributed by atoms with Gasteiger partial charge in [-0.05, 0) is 125 Å². The second-order valence-electron chi connectivity index (χ2n) is 18.1. The van der Waals surface area contributed by atoms with E-state index in [-0.39, 0.29) is 5.41 Å². The van der Waals surface area contributed by atoms with Crippen LogP contribution in [0.2, 0.25) is 0 Å². The van der Waals surface area contributed by atoms with Crippen LogP contribution in [-0.2, 0) is 10.8 Å². The molecule has 4 nitrogen and oxygen atoms in total.